The summed E-state index contributed by atoms with van der Waals surface area (Å²) in [6.45, 7) is 4.06. The lowest BCUT2D eigenvalue weighted by Gasteiger charge is -2.43. The summed E-state index contributed by atoms with van der Waals surface area (Å²) >= 11 is 0. The van der Waals surface area contributed by atoms with Crippen molar-refractivity contribution >= 4 is 6.29 Å². The molecule has 0 aromatic carbocycles. The fourth-order valence-corrected chi connectivity index (χ4v) is 2.31. The minimum absolute atomic E-state index is 0.0549. The van der Waals surface area contributed by atoms with Gasteiger partial charge in [0.2, 0.25) is 0 Å². The largest absolute Gasteiger partial charge is 0.389 e. The fraction of sp³-hybridized carbons (Fsp3) is 0.917. The molecular formula is C12H23NO3. The Balaban J connectivity index is 2.75. The topological polar surface area (TPSA) is 49.8 Å². The quantitative estimate of drug-likeness (QED) is 0.720. The lowest BCUT2D eigenvalue weighted by Crippen LogP contribution is -2.55. The van der Waals surface area contributed by atoms with Crippen molar-refractivity contribution in [2.24, 2.45) is 5.92 Å². The highest BCUT2D eigenvalue weighted by molar-refractivity contribution is 5.50. The molecule has 0 aromatic heterocycles. The Bertz CT molecular complexity index is 212. The van der Waals surface area contributed by atoms with Gasteiger partial charge in [0, 0.05) is 12.5 Å². The van der Waals surface area contributed by atoms with Crippen LogP contribution in [0.15, 0.2) is 0 Å². The molecule has 1 heterocycles. The first kappa shape index (κ1) is 13.6. The Morgan fingerprint density at radius 3 is 2.56 bits per heavy atom. The zero-order valence-electron chi connectivity index (χ0n) is 10.6. The number of aliphatic hydroxyl groups is 1. The van der Waals surface area contributed by atoms with Gasteiger partial charge in [0.1, 0.15) is 6.29 Å². The third-order valence-electron chi connectivity index (χ3n) is 3.26. The predicted octanol–water partition coefficient (Wildman–Crippen LogP) is 0.680. The number of hydrogen-bond acceptors (Lipinski definition) is 4. The maximum Gasteiger partial charge on any atom is 0.122 e. The normalized spacial score (nSPS) is 35.7. The summed E-state index contributed by atoms with van der Waals surface area (Å²) in [5.41, 5.74) is 0. The molecule has 1 rings (SSSR count). The van der Waals surface area contributed by atoms with E-state index >= 15 is 0 Å². The van der Waals surface area contributed by atoms with E-state index in [1.54, 1.807) is 0 Å². The molecule has 4 nitrogen and oxygen atoms in total. The molecule has 1 saturated heterocycles. The summed E-state index contributed by atoms with van der Waals surface area (Å²) in [6, 6.07) is 0.0751. The monoisotopic (exact) mass is 229 g/mol. The molecule has 1 N–H and O–H groups in total. The van der Waals surface area contributed by atoms with Crippen LogP contribution < -0.4 is 0 Å². The molecule has 0 radical (unpaired) electrons. The molecule has 94 valence electrons. The number of aliphatic hydroxyl groups excluding tert-OH is 1. The number of rotatable bonds is 4. The molecule has 0 amide bonds. The molecule has 0 aliphatic carbocycles. The van der Waals surface area contributed by atoms with Crippen LogP contribution in [0.2, 0.25) is 0 Å². The van der Waals surface area contributed by atoms with Crippen molar-refractivity contribution in [2.45, 2.75) is 51.0 Å². The number of likely N-dealkylation sites (N-methyl/N-ethyl adjacent to an activating group) is 1. The smallest absolute Gasteiger partial charge is 0.122 e. The van der Waals surface area contributed by atoms with E-state index in [1.807, 2.05) is 32.8 Å². The number of carbonyl (C=O) groups excluding carboxylic acids is 1. The second-order valence-corrected chi connectivity index (χ2v) is 5.13. The van der Waals surface area contributed by atoms with Crippen LogP contribution in [0.3, 0.4) is 0 Å². The molecule has 1 aliphatic heterocycles. The standard InChI is InChI=1S/C12H23NO3/c1-8(2)12-11(15)10(13(3)4)7-9(16-12)5-6-14/h6,8-12,15H,5,7H2,1-4H3/t9-,10+,11-,12+/m1/s1. The maximum absolute atomic E-state index is 10.6. The van der Waals surface area contributed by atoms with Gasteiger partial charge in [0.25, 0.3) is 0 Å². The van der Waals surface area contributed by atoms with Gasteiger partial charge in [-0.05, 0) is 26.4 Å². The van der Waals surface area contributed by atoms with E-state index in [0.717, 1.165) is 12.7 Å². The predicted molar refractivity (Wildman–Crippen MR) is 62.3 cm³/mol. The molecule has 0 saturated carbocycles. The van der Waals surface area contributed by atoms with Crippen LogP contribution in [0.25, 0.3) is 0 Å². The van der Waals surface area contributed by atoms with Crippen LogP contribution in [0, 0.1) is 5.92 Å². The van der Waals surface area contributed by atoms with Crippen LogP contribution >= 0.6 is 0 Å². The number of nitrogens with zero attached hydrogens (tertiary/aromatic N) is 1. The molecule has 0 unspecified atom stereocenters. The Morgan fingerprint density at radius 1 is 1.50 bits per heavy atom. The van der Waals surface area contributed by atoms with E-state index in [-0.39, 0.29) is 24.2 Å². The van der Waals surface area contributed by atoms with E-state index in [1.165, 1.54) is 0 Å². The third-order valence-corrected chi connectivity index (χ3v) is 3.26. The summed E-state index contributed by atoms with van der Waals surface area (Å²) in [5, 5.41) is 10.2. The van der Waals surface area contributed by atoms with Crippen LogP contribution in [0.4, 0.5) is 0 Å². The average Bonchev–Trinajstić information content (AvgIpc) is 2.19. The van der Waals surface area contributed by atoms with Crippen molar-refractivity contribution in [3.05, 3.63) is 0 Å². The SMILES string of the molecule is CC(C)[C@@H]1O[C@H](CC=O)C[C@H](N(C)C)[C@H]1O. The number of carbonyl (C=O) groups is 1. The maximum atomic E-state index is 10.6. The van der Waals surface area contributed by atoms with E-state index in [9.17, 15) is 9.90 Å². The lowest BCUT2D eigenvalue weighted by molar-refractivity contribution is -0.165. The van der Waals surface area contributed by atoms with E-state index in [2.05, 4.69) is 0 Å². The number of aldehydes is 1. The molecular weight excluding hydrogens is 206 g/mol. The summed E-state index contributed by atoms with van der Waals surface area (Å²) < 4.78 is 5.77. The minimum Gasteiger partial charge on any atom is -0.389 e. The van der Waals surface area contributed by atoms with Gasteiger partial charge in [-0.1, -0.05) is 13.8 Å². The van der Waals surface area contributed by atoms with E-state index < -0.39 is 6.10 Å². The fourth-order valence-electron chi connectivity index (χ4n) is 2.31. The molecule has 1 aliphatic rings. The van der Waals surface area contributed by atoms with Crippen molar-refractivity contribution in [3.8, 4) is 0 Å². The van der Waals surface area contributed by atoms with Gasteiger partial charge in [-0.15, -0.1) is 0 Å². The Hall–Kier alpha value is -0.450. The summed E-state index contributed by atoms with van der Waals surface area (Å²) in [6.07, 6.45) is 1.33. The zero-order chi connectivity index (χ0) is 12.3. The van der Waals surface area contributed by atoms with Crippen LogP contribution in [0.1, 0.15) is 26.7 Å². The summed E-state index contributed by atoms with van der Waals surface area (Å²) in [7, 11) is 3.91. The van der Waals surface area contributed by atoms with E-state index in [0.29, 0.717) is 6.42 Å². The van der Waals surface area contributed by atoms with Crippen molar-refractivity contribution in [2.75, 3.05) is 14.1 Å². The van der Waals surface area contributed by atoms with Gasteiger partial charge in [-0.25, -0.2) is 0 Å². The Kier molecular flexibility index (Phi) is 4.89. The van der Waals surface area contributed by atoms with Crippen molar-refractivity contribution in [1.82, 2.24) is 4.90 Å². The summed E-state index contributed by atoms with van der Waals surface area (Å²) in [5.74, 6) is 0.256. The van der Waals surface area contributed by atoms with Gasteiger partial charge < -0.3 is 19.5 Å². The van der Waals surface area contributed by atoms with Gasteiger partial charge in [-0.3, -0.25) is 0 Å². The lowest BCUT2D eigenvalue weighted by atomic mass is 9.88. The zero-order valence-corrected chi connectivity index (χ0v) is 10.6. The van der Waals surface area contributed by atoms with Crippen molar-refractivity contribution in [3.63, 3.8) is 0 Å². The molecule has 4 atom stereocenters. The van der Waals surface area contributed by atoms with Crippen molar-refractivity contribution in [1.29, 1.82) is 0 Å². The molecule has 0 aromatic rings. The van der Waals surface area contributed by atoms with Gasteiger partial charge in [0.05, 0.1) is 18.3 Å². The number of hydrogen-bond donors (Lipinski definition) is 1. The first-order valence-electron chi connectivity index (χ1n) is 5.91. The highest BCUT2D eigenvalue weighted by Gasteiger charge is 2.39. The van der Waals surface area contributed by atoms with Crippen LogP contribution in [0.5, 0.6) is 0 Å². The Labute approximate surface area is 97.6 Å². The van der Waals surface area contributed by atoms with Gasteiger partial charge in [0.15, 0.2) is 0 Å². The van der Waals surface area contributed by atoms with Crippen LogP contribution in [-0.2, 0) is 9.53 Å². The minimum atomic E-state index is -0.474. The van der Waals surface area contributed by atoms with Crippen molar-refractivity contribution < 1.29 is 14.6 Å². The highest BCUT2D eigenvalue weighted by Crippen LogP contribution is 2.28. The Morgan fingerprint density at radius 2 is 2.12 bits per heavy atom. The molecule has 4 heteroatoms. The van der Waals surface area contributed by atoms with Gasteiger partial charge >= 0.3 is 0 Å². The van der Waals surface area contributed by atoms with E-state index in [4.69, 9.17) is 4.74 Å². The highest BCUT2D eigenvalue weighted by atomic mass is 16.5. The molecule has 0 spiro atoms. The molecule has 0 bridgehead atoms. The summed E-state index contributed by atoms with van der Waals surface area (Å²) in [4.78, 5) is 12.6. The first-order valence-corrected chi connectivity index (χ1v) is 5.91. The molecule has 16 heavy (non-hydrogen) atoms. The first-order chi connectivity index (χ1) is 7.47. The third kappa shape index (κ3) is 3.03. The van der Waals surface area contributed by atoms with Crippen LogP contribution in [-0.4, -0.2) is 54.7 Å². The number of ether oxygens (including phenoxy) is 1. The second kappa shape index (κ2) is 5.75. The average molecular weight is 229 g/mol. The molecule has 1 fully saturated rings. The van der Waals surface area contributed by atoms with Gasteiger partial charge in [-0.2, -0.15) is 0 Å². The second-order valence-electron chi connectivity index (χ2n) is 5.13.